The molecular weight excluding hydrogens is 238 g/mol. The van der Waals surface area contributed by atoms with Crippen LogP contribution in [0, 0.1) is 0 Å². The third-order valence-electron chi connectivity index (χ3n) is 2.99. The molecule has 0 saturated carbocycles. The highest BCUT2D eigenvalue weighted by Gasteiger charge is 2.12. The van der Waals surface area contributed by atoms with Crippen LogP contribution in [0.25, 0.3) is 11.4 Å². The quantitative estimate of drug-likeness (QED) is 0.843. The number of nitrogens with zero attached hydrogens (tertiary/aromatic N) is 3. The van der Waals surface area contributed by atoms with E-state index in [0.29, 0.717) is 18.7 Å². The van der Waals surface area contributed by atoms with E-state index >= 15 is 0 Å². The van der Waals surface area contributed by atoms with Crippen LogP contribution >= 0.6 is 0 Å². The molecule has 0 N–H and O–H groups in total. The molecule has 0 aliphatic rings. The lowest BCUT2D eigenvalue weighted by Gasteiger charge is -2.18. The average molecular weight is 255 g/mol. The summed E-state index contributed by atoms with van der Waals surface area (Å²) in [5.41, 5.74) is 2.20. The van der Waals surface area contributed by atoms with Crippen molar-refractivity contribution in [2.75, 3.05) is 13.1 Å². The Morgan fingerprint density at radius 3 is 2.32 bits per heavy atom. The first kappa shape index (κ1) is 13.2. The molecule has 4 nitrogen and oxygen atoms in total. The second-order valence-corrected chi connectivity index (χ2v) is 4.12. The minimum atomic E-state index is 0.0186. The Bertz CT molecular complexity index is 533. The highest BCUT2D eigenvalue weighted by atomic mass is 16.2. The van der Waals surface area contributed by atoms with Crippen LogP contribution in [-0.4, -0.2) is 33.9 Å². The fraction of sp³-hybridized carbons (Fsp3) is 0.267. The number of aromatic nitrogens is 2. The summed E-state index contributed by atoms with van der Waals surface area (Å²) < 4.78 is 0. The Labute approximate surface area is 113 Å². The third kappa shape index (κ3) is 2.96. The Morgan fingerprint density at radius 2 is 1.79 bits per heavy atom. The molecule has 2 rings (SSSR count). The Kier molecular flexibility index (Phi) is 4.23. The molecule has 98 valence electrons. The van der Waals surface area contributed by atoms with Crippen LogP contribution in [0.2, 0.25) is 0 Å². The lowest BCUT2D eigenvalue weighted by molar-refractivity contribution is 0.0772. The van der Waals surface area contributed by atoms with Crippen LogP contribution in [0.15, 0.2) is 42.7 Å². The van der Waals surface area contributed by atoms with E-state index in [2.05, 4.69) is 9.97 Å². The van der Waals surface area contributed by atoms with Gasteiger partial charge in [0.05, 0.1) is 17.0 Å². The zero-order valence-electron chi connectivity index (χ0n) is 11.2. The molecule has 19 heavy (non-hydrogen) atoms. The number of carbonyl (C=O) groups excluding carboxylic acids is 1. The van der Waals surface area contributed by atoms with Gasteiger partial charge in [0.25, 0.3) is 5.91 Å². The van der Waals surface area contributed by atoms with E-state index in [4.69, 9.17) is 0 Å². The van der Waals surface area contributed by atoms with Crippen molar-refractivity contribution in [3.05, 3.63) is 48.3 Å². The zero-order valence-corrected chi connectivity index (χ0v) is 11.2. The van der Waals surface area contributed by atoms with Gasteiger partial charge >= 0.3 is 0 Å². The van der Waals surface area contributed by atoms with E-state index in [1.807, 2.05) is 38.1 Å². The van der Waals surface area contributed by atoms with E-state index in [1.54, 1.807) is 23.4 Å². The molecule has 0 bridgehead atoms. The lowest BCUT2D eigenvalue weighted by atomic mass is 10.2. The largest absolute Gasteiger partial charge is 0.339 e. The van der Waals surface area contributed by atoms with Crippen molar-refractivity contribution in [1.82, 2.24) is 14.9 Å². The van der Waals surface area contributed by atoms with E-state index in [0.717, 1.165) is 11.4 Å². The molecule has 0 unspecified atom stereocenters. The minimum Gasteiger partial charge on any atom is -0.339 e. The molecule has 2 heterocycles. The maximum atomic E-state index is 12.1. The monoisotopic (exact) mass is 255 g/mol. The van der Waals surface area contributed by atoms with Crippen LogP contribution in [0.4, 0.5) is 0 Å². The van der Waals surface area contributed by atoms with Crippen molar-refractivity contribution in [1.29, 1.82) is 0 Å². The molecule has 0 saturated heterocycles. The van der Waals surface area contributed by atoms with Gasteiger partial charge in [-0.3, -0.25) is 14.8 Å². The van der Waals surface area contributed by atoms with Crippen molar-refractivity contribution in [3.63, 3.8) is 0 Å². The van der Waals surface area contributed by atoms with Crippen molar-refractivity contribution >= 4 is 5.91 Å². The maximum Gasteiger partial charge on any atom is 0.255 e. The van der Waals surface area contributed by atoms with Gasteiger partial charge in [-0.15, -0.1) is 0 Å². The van der Waals surface area contributed by atoms with E-state index < -0.39 is 0 Å². The van der Waals surface area contributed by atoms with Gasteiger partial charge in [0, 0.05) is 25.5 Å². The highest BCUT2D eigenvalue weighted by Crippen LogP contribution is 2.14. The first-order valence-corrected chi connectivity index (χ1v) is 6.43. The summed E-state index contributed by atoms with van der Waals surface area (Å²) in [5, 5.41) is 0. The Balaban J connectivity index is 2.22. The number of carbonyl (C=O) groups is 1. The molecule has 0 aliphatic heterocycles. The average Bonchev–Trinajstić information content (AvgIpc) is 2.49. The predicted molar refractivity (Wildman–Crippen MR) is 74.7 cm³/mol. The molecule has 2 aromatic heterocycles. The molecular formula is C15H17N3O. The topological polar surface area (TPSA) is 46.1 Å². The Morgan fingerprint density at radius 1 is 1.05 bits per heavy atom. The molecule has 0 aliphatic carbocycles. The number of pyridine rings is 2. The van der Waals surface area contributed by atoms with Gasteiger partial charge in [-0.1, -0.05) is 6.07 Å². The molecule has 0 atom stereocenters. The van der Waals surface area contributed by atoms with Gasteiger partial charge in [0.15, 0.2) is 0 Å². The molecule has 0 aromatic carbocycles. The second-order valence-electron chi connectivity index (χ2n) is 4.12. The number of hydrogen-bond acceptors (Lipinski definition) is 3. The first-order chi connectivity index (χ1) is 9.26. The highest BCUT2D eigenvalue weighted by molar-refractivity contribution is 5.94. The number of rotatable bonds is 4. The first-order valence-electron chi connectivity index (χ1n) is 6.43. The van der Waals surface area contributed by atoms with Crippen LogP contribution in [0.1, 0.15) is 24.2 Å². The molecule has 4 heteroatoms. The van der Waals surface area contributed by atoms with E-state index in [1.165, 1.54) is 0 Å². The van der Waals surface area contributed by atoms with Crippen molar-refractivity contribution in [2.24, 2.45) is 0 Å². The Hall–Kier alpha value is -2.23. The SMILES string of the molecule is CCN(CC)C(=O)c1ccc(-c2ccccn2)nc1. The summed E-state index contributed by atoms with van der Waals surface area (Å²) in [7, 11) is 0. The van der Waals surface area contributed by atoms with E-state index in [9.17, 15) is 4.79 Å². The van der Waals surface area contributed by atoms with Crippen molar-refractivity contribution in [3.8, 4) is 11.4 Å². The maximum absolute atomic E-state index is 12.1. The molecule has 0 spiro atoms. The van der Waals surface area contributed by atoms with Crippen LogP contribution in [-0.2, 0) is 0 Å². The lowest BCUT2D eigenvalue weighted by Crippen LogP contribution is -2.30. The summed E-state index contributed by atoms with van der Waals surface area (Å²) >= 11 is 0. The normalized spacial score (nSPS) is 10.2. The van der Waals surface area contributed by atoms with Crippen LogP contribution < -0.4 is 0 Å². The fourth-order valence-corrected chi connectivity index (χ4v) is 1.88. The van der Waals surface area contributed by atoms with Crippen LogP contribution in [0.5, 0.6) is 0 Å². The summed E-state index contributed by atoms with van der Waals surface area (Å²) in [6, 6.07) is 9.31. The summed E-state index contributed by atoms with van der Waals surface area (Å²) in [6.07, 6.45) is 3.34. The summed E-state index contributed by atoms with van der Waals surface area (Å²) in [6.45, 7) is 5.35. The number of amides is 1. The minimum absolute atomic E-state index is 0.0186. The molecule has 0 fully saturated rings. The predicted octanol–water partition coefficient (Wildman–Crippen LogP) is 2.63. The molecule has 2 aromatic rings. The third-order valence-corrected chi connectivity index (χ3v) is 2.99. The van der Waals surface area contributed by atoms with Gasteiger partial charge in [-0.05, 0) is 38.1 Å². The second kappa shape index (κ2) is 6.09. The zero-order chi connectivity index (χ0) is 13.7. The summed E-state index contributed by atoms with van der Waals surface area (Å²) in [5.74, 6) is 0.0186. The number of hydrogen-bond donors (Lipinski definition) is 0. The fourth-order valence-electron chi connectivity index (χ4n) is 1.88. The smallest absolute Gasteiger partial charge is 0.255 e. The van der Waals surface area contributed by atoms with Gasteiger partial charge < -0.3 is 4.90 Å². The molecule has 0 radical (unpaired) electrons. The summed E-state index contributed by atoms with van der Waals surface area (Å²) in [4.78, 5) is 22.4. The van der Waals surface area contributed by atoms with E-state index in [-0.39, 0.29) is 5.91 Å². The van der Waals surface area contributed by atoms with Gasteiger partial charge in [-0.2, -0.15) is 0 Å². The van der Waals surface area contributed by atoms with Gasteiger partial charge in [-0.25, -0.2) is 0 Å². The van der Waals surface area contributed by atoms with Crippen LogP contribution in [0.3, 0.4) is 0 Å². The van der Waals surface area contributed by atoms with Gasteiger partial charge in [0.2, 0.25) is 0 Å². The van der Waals surface area contributed by atoms with Gasteiger partial charge in [0.1, 0.15) is 0 Å². The van der Waals surface area contributed by atoms with Crippen molar-refractivity contribution in [2.45, 2.75) is 13.8 Å². The standard InChI is InChI=1S/C15H17N3O/c1-3-18(4-2)15(19)12-8-9-14(17-11-12)13-7-5-6-10-16-13/h5-11H,3-4H2,1-2H3. The van der Waals surface area contributed by atoms with Crippen molar-refractivity contribution < 1.29 is 4.79 Å². The molecule has 1 amide bonds.